The molecule has 110 valence electrons. The lowest BCUT2D eigenvalue weighted by Gasteiger charge is -2.07. The minimum absolute atomic E-state index is 0.110. The lowest BCUT2D eigenvalue weighted by molar-refractivity contribution is -0.115. The van der Waals surface area contributed by atoms with Gasteiger partial charge >= 0.3 is 0 Å². The summed E-state index contributed by atoms with van der Waals surface area (Å²) in [5.41, 5.74) is 1.37. The number of amides is 1. The van der Waals surface area contributed by atoms with Gasteiger partial charge in [0, 0.05) is 30.4 Å². The van der Waals surface area contributed by atoms with Crippen molar-refractivity contribution in [3.05, 3.63) is 49.0 Å². The molecule has 0 saturated carbocycles. The third kappa shape index (κ3) is 3.01. The maximum Gasteiger partial charge on any atom is 0.225 e. The second kappa shape index (κ2) is 6.17. The Labute approximate surface area is 127 Å². The van der Waals surface area contributed by atoms with E-state index in [1.54, 1.807) is 43.8 Å². The lowest BCUT2D eigenvalue weighted by atomic mass is 10.2. The fourth-order valence-corrected chi connectivity index (χ4v) is 1.92. The summed E-state index contributed by atoms with van der Waals surface area (Å²) in [5, 5.41) is 2.75. The molecule has 0 atom stereocenters. The van der Waals surface area contributed by atoms with E-state index in [2.05, 4.69) is 20.3 Å². The van der Waals surface area contributed by atoms with E-state index in [1.807, 2.05) is 12.1 Å². The van der Waals surface area contributed by atoms with Crippen LogP contribution < -0.4 is 5.32 Å². The Balaban J connectivity index is 2.07. The minimum Gasteiger partial charge on any atom is -0.463 e. The molecule has 0 radical (unpaired) electrons. The van der Waals surface area contributed by atoms with Crippen molar-refractivity contribution in [2.24, 2.45) is 0 Å². The van der Waals surface area contributed by atoms with Gasteiger partial charge in [0.15, 0.2) is 11.6 Å². The van der Waals surface area contributed by atoms with Gasteiger partial charge in [-0.2, -0.15) is 0 Å². The predicted octanol–water partition coefficient (Wildman–Crippen LogP) is 3.15. The number of nitrogens with one attached hydrogen (secondary N) is 1. The Morgan fingerprint density at radius 3 is 2.86 bits per heavy atom. The number of rotatable bonds is 4. The highest BCUT2D eigenvalue weighted by Crippen LogP contribution is 2.24. The third-order valence-electron chi connectivity index (χ3n) is 3.01. The molecule has 1 N–H and O–H groups in total. The zero-order valence-corrected chi connectivity index (χ0v) is 12.0. The molecule has 3 aromatic rings. The number of carbonyl (C=O) groups is 1. The molecule has 0 aliphatic rings. The predicted molar refractivity (Wildman–Crippen MR) is 81.9 cm³/mol. The Kier molecular flexibility index (Phi) is 3.91. The molecule has 0 unspecified atom stereocenters. The average molecular weight is 294 g/mol. The molecule has 0 aliphatic carbocycles. The number of aromatic nitrogens is 3. The zero-order chi connectivity index (χ0) is 15.4. The average Bonchev–Trinajstić information content (AvgIpc) is 3.10. The number of anilines is 1. The molecule has 3 aromatic heterocycles. The molecule has 6 heteroatoms. The molecule has 6 nitrogen and oxygen atoms in total. The van der Waals surface area contributed by atoms with Gasteiger partial charge in [-0.3, -0.25) is 9.78 Å². The molecule has 1 amide bonds. The van der Waals surface area contributed by atoms with Crippen LogP contribution in [0.4, 0.5) is 5.82 Å². The van der Waals surface area contributed by atoms with Crippen LogP contribution in [0, 0.1) is 0 Å². The lowest BCUT2D eigenvalue weighted by Crippen LogP contribution is -2.11. The fourth-order valence-electron chi connectivity index (χ4n) is 1.92. The summed E-state index contributed by atoms with van der Waals surface area (Å²) in [5.74, 6) is 1.42. The van der Waals surface area contributed by atoms with Crippen molar-refractivity contribution in [2.45, 2.75) is 13.3 Å². The smallest absolute Gasteiger partial charge is 0.225 e. The van der Waals surface area contributed by atoms with Gasteiger partial charge in [-0.25, -0.2) is 9.97 Å². The van der Waals surface area contributed by atoms with Gasteiger partial charge in [0.25, 0.3) is 0 Å². The summed E-state index contributed by atoms with van der Waals surface area (Å²) in [6.07, 6.45) is 5.31. The molecule has 0 aliphatic heterocycles. The van der Waals surface area contributed by atoms with E-state index in [0.29, 0.717) is 29.5 Å². The summed E-state index contributed by atoms with van der Waals surface area (Å²) in [4.78, 5) is 24.5. The van der Waals surface area contributed by atoms with Gasteiger partial charge in [-0.05, 0) is 24.3 Å². The minimum atomic E-state index is -0.110. The fraction of sp³-hybridized carbons (Fsp3) is 0.125. The molecule has 3 rings (SSSR count). The highest BCUT2D eigenvalue weighted by Gasteiger charge is 2.11. The summed E-state index contributed by atoms with van der Waals surface area (Å²) in [6, 6.07) is 8.95. The van der Waals surface area contributed by atoms with Crippen LogP contribution in [0.3, 0.4) is 0 Å². The molecule has 22 heavy (non-hydrogen) atoms. The second-order valence-electron chi connectivity index (χ2n) is 4.58. The van der Waals surface area contributed by atoms with Crippen molar-refractivity contribution >= 4 is 11.7 Å². The highest BCUT2D eigenvalue weighted by atomic mass is 16.3. The van der Waals surface area contributed by atoms with Crippen molar-refractivity contribution in [1.29, 1.82) is 0 Å². The first-order chi connectivity index (χ1) is 10.8. The van der Waals surface area contributed by atoms with E-state index < -0.39 is 0 Å². The molecule has 0 fully saturated rings. The first kappa shape index (κ1) is 13.9. The van der Waals surface area contributed by atoms with E-state index in [0.717, 1.165) is 5.56 Å². The summed E-state index contributed by atoms with van der Waals surface area (Å²) in [6.45, 7) is 1.78. The van der Waals surface area contributed by atoms with Crippen molar-refractivity contribution in [2.75, 3.05) is 5.32 Å². The molecule has 0 spiro atoms. The van der Waals surface area contributed by atoms with Crippen molar-refractivity contribution in [3.8, 4) is 22.8 Å². The molecule has 0 bridgehead atoms. The zero-order valence-electron chi connectivity index (χ0n) is 12.0. The van der Waals surface area contributed by atoms with E-state index in [1.165, 1.54) is 0 Å². The number of pyridine rings is 1. The van der Waals surface area contributed by atoms with Gasteiger partial charge in [0.05, 0.1) is 6.26 Å². The van der Waals surface area contributed by atoms with Crippen molar-refractivity contribution in [1.82, 2.24) is 15.0 Å². The molecule has 3 heterocycles. The van der Waals surface area contributed by atoms with Gasteiger partial charge < -0.3 is 9.73 Å². The van der Waals surface area contributed by atoms with E-state index in [-0.39, 0.29) is 5.91 Å². The van der Waals surface area contributed by atoms with E-state index >= 15 is 0 Å². The molecule has 0 aromatic carbocycles. The quantitative estimate of drug-likeness (QED) is 0.799. The number of hydrogen-bond donors (Lipinski definition) is 1. The molecule has 0 saturated heterocycles. The van der Waals surface area contributed by atoms with Crippen LogP contribution >= 0.6 is 0 Å². The van der Waals surface area contributed by atoms with Crippen LogP contribution in [-0.4, -0.2) is 20.9 Å². The summed E-state index contributed by atoms with van der Waals surface area (Å²) < 4.78 is 5.38. The van der Waals surface area contributed by atoms with E-state index in [9.17, 15) is 4.79 Å². The Morgan fingerprint density at radius 1 is 1.27 bits per heavy atom. The van der Waals surface area contributed by atoms with Crippen LogP contribution in [0.25, 0.3) is 22.8 Å². The maximum atomic E-state index is 11.6. The summed E-state index contributed by atoms with van der Waals surface area (Å²) in [7, 11) is 0. The Morgan fingerprint density at radius 2 is 2.18 bits per heavy atom. The van der Waals surface area contributed by atoms with Crippen molar-refractivity contribution < 1.29 is 9.21 Å². The number of hydrogen-bond acceptors (Lipinski definition) is 5. The first-order valence-electron chi connectivity index (χ1n) is 6.89. The van der Waals surface area contributed by atoms with Gasteiger partial charge in [0.2, 0.25) is 5.91 Å². The van der Waals surface area contributed by atoms with Gasteiger partial charge in [-0.15, -0.1) is 0 Å². The number of nitrogens with zero attached hydrogens (tertiary/aromatic N) is 3. The molecular weight excluding hydrogens is 280 g/mol. The highest BCUT2D eigenvalue weighted by molar-refractivity contribution is 5.90. The maximum absolute atomic E-state index is 11.6. The largest absolute Gasteiger partial charge is 0.463 e. The number of carbonyl (C=O) groups excluding carboxylic acids is 1. The SMILES string of the molecule is CCC(=O)Nc1cc(-c2ccco2)nc(-c2cccnc2)n1. The van der Waals surface area contributed by atoms with Crippen LogP contribution in [0.15, 0.2) is 53.4 Å². The van der Waals surface area contributed by atoms with Gasteiger partial charge in [0.1, 0.15) is 11.5 Å². The monoisotopic (exact) mass is 294 g/mol. The van der Waals surface area contributed by atoms with Crippen LogP contribution in [0.2, 0.25) is 0 Å². The second-order valence-corrected chi connectivity index (χ2v) is 4.58. The van der Waals surface area contributed by atoms with Crippen LogP contribution in [-0.2, 0) is 4.79 Å². The topological polar surface area (TPSA) is 80.9 Å². The van der Waals surface area contributed by atoms with E-state index in [4.69, 9.17) is 4.42 Å². The molecular formula is C16H14N4O2. The Bertz CT molecular complexity index is 770. The number of furan rings is 1. The van der Waals surface area contributed by atoms with Gasteiger partial charge in [-0.1, -0.05) is 6.92 Å². The summed E-state index contributed by atoms with van der Waals surface area (Å²) >= 11 is 0. The Hall–Kier alpha value is -3.02. The van der Waals surface area contributed by atoms with Crippen LogP contribution in [0.1, 0.15) is 13.3 Å². The van der Waals surface area contributed by atoms with Crippen molar-refractivity contribution in [3.63, 3.8) is 0 Å². The standard InChI is InChI=1S/C16H14N4O2/c1-2-15(21)19-14-9-12(13-6-4-8-22-13)18-16(20-14)11-5-3-7-17-10-11/h3-10H,2H2,1H3,(H,18,19,20,21). The van der Waals surface area contributed by atoms with Crippen LogP contribution in [0.5, 0.6) is 0 Å². The first-order valence-corrected chi connectivity index (χ1v) is 6.89. The third-order valence-corrected chi connectivity index (χ3v) is 3.01. The normalized spacial score (nSPS) is 10.4.